The molecular weight excluding hydrogens is 269 g/mol. The van der Waals surface area contributed by atoms with Gasteiger partial charge in [-0.05, 0) is 42.7 Å². The number of rotatable bonds is 2. The van der Waals surface area contributed by atoms with Crippen molar-refractivity contribution in [2.45, 2.75) is 13.3 Å². The lowest BCUT2D eigenvalue weighted by Crippen LogP contribution is -2.22. The van der Waals surface area contributed by atoms with Gasteiger partial charge in [-0.25, -0.2) is 4.39 Å². The van der Waals surface area contributed by atoms with E-state index in [1.807, 2.05) is 30.0 Å². The van der Waals surface area contributed by atoms with E-state index in [1.165, 1.54) is 12.1 Å². The van der Waals surface area contributed by atoms with Crippen molar-refractivity contribution in [3.63, 3.8) is 0 Å². The minimum Gasteiger partial charge on any atom is -0.409 e. The van der Waals surface area contributed by atoms with E-state index in [0.717, 1.165) is 35.5 Å². The second kappa shape index (κ2) is 5.09. The molecule has 3 rings (SSSR count). The summed E-state index contributed by atoms with van der Waals surface area (Å²) in [6, 6.07) is 10.4. The van der Waals surface area contributed by atoms with Gasteiger partial charge in [0.15, 0.2) is 5.84 Å². The molecule has 0 bridgehead atoms. The van der Waals surface area contributed by atoms with Crippen LogP contribution >= 0.6 is 0 Å². The number of hydrogen-bond acceptors (Lipinski definition) is 3. The number of aryl methyl sites for hydroxylation is 1. The van der Waals surface area contributed by atoms with Crippen LogP contribution in [0.15, 0.2) is 41.6 Å². The third-order valence-corrected chi connectivity index (χ3v) is 3.83. The van der Waals surface area contributed by atoms with Gasteiger partial charge in [0.25, 0.3) is 0 Å². The largest absolute Gasteiger partial charge is 0.409 e. The van der Waals surface area contributed by atoms with E-state index >= 15 is 0 Å². The van der Waals surface area contributed by atoms with Crippen molar-refractivity contribution >= 4 is 17.2 Å². The monoisotopic (exact) mass is 285 g/mol. The van der Waals surface area contributed by atoms with Crippen molar-refractivity contribution in [3.8, 4) is 0 Å². The molecule has 2 aromatic carbocycles. The highest BCUT2D eigenvalue weighted by Gasteiger charge is 2.25. The summed E-state index contributed by atoms with van der Waals surface area (Å²) in [6.45, 7) is 2.70. The highest BCUT2D eigenvalue weighted by molar-refractivity contribution is 6.03. The van der Waals surface area contributed by atoms with Crippen LogP contribution in [0.2, 0.25) is 0 Å². The van der Waals surface area contributed by atoms with Gasteiger partial charge in [0, 0.05) is 17.8 Å². The summed E-state index contributed by atoms with van der Waals surface area (Å²) in [5.41, 5.74) is 10.2. The number of oxime groups is 1. The lowest BCUT2D eigenvalue weighted by atomic mass is 10.1. The first-order valence-corrected chi connectivity index (χ1v) is 6.75. The Morgan fingerprint density at radius 2 is 2.14 bits per heavy atom. The Hall–Kier alpha value is -2.56. The van der Waals surface area contributed by atoms with E-state index < -0.39 is 0 Å². The molecule has 0 aliphatic carbocycles. The van der Waals surface area contributed by atoms with Crippen LogP contribution in [0.1, 0.15) is 16.7 Å². The summed E-state index contributed by atoms with van der Waals surface area (Å²) >= 11 is 0. The second-order valence-electron chi connectivity index (χ2n) is 5.13. The van der Waals surface area contributed by atoms with Gasteiger partial charge in [0.1, 0.15) is 5.82 Å². The Bertz CT molecular complexity index is 727. The van der Waals surface area contributed by atoms with Crippen molar-refractivity contribution in [1.82, 2.24) is 0 Å². The van der Waals surface area contributed by atoms with Gasteiger partial charge in [0.05, 0.1) is 5.69 Å². The summed E-state index contributed by atoms with van der Waals surface area (Å²) in [4.78, 5) is 2.03. The molecule has 21 heavy (non-hydrogen) atoms. The number of fused-ring (bicyclic) bond motifs is 1. The normalized spacial score (nSPS) is 14.4. The standard InChI is InChI=1S/C16H16FN3O/c1-10-3-2-4-13(16(18)19-21)15(10)20-8-7-11-5-6-12(17)9-14(11)20/h2-6,9,21H,7-8H2,1H3,(H2,18,19). The topological polar surface area (TPSA) is 61.9 Å². The maximum absolute atomic E-state index is 13.6. The lowest BCUT2D eigenvalue weighted by molar-refractivity contribution is 0.318. The fourth-order valence-corrected chi connectivity index (χ4v) is 2.86. The van der Waals surface area contributed by atoms with Gasteiger partial charge in [-0.2, -0.15) is 0 Å². The molecule has 0 unspecified atom stereocenters. The number of nitrogens with two attached hydrogens (primary N) is 1. The number of amidine groups is 1. The second-order valence-corrected chi connectivity index (χ2v) is 5.13. The van der Waals surface area contributed by atoms with Crippen LogP contribution in [0, 0.1) is 12.7 Å². The number of nitrogens with zero attached hydrogens (tertiary/aromatic N) is 2. The predicted octanol–water partition coefficient (Wildman–Crippen LogP) is 2.92. The van der Waals surface area contributed by atoms with Gasteiger partial charge in [-0.3, -0.25) is 0 Å². The molecule has 3 N–H and O–H groups in total. The molecule has 0 saturated carbocycles. The van der Waals surface area contributed by atoms with Crippen molar-refractivity contribution in [2.75, 3.05) is 11.4 Å². The van der Waals surface area contributed by atoms with Crippen LogP contribution < -0.4 is 10.6 Å². The molecule has 108 valence electrons. The van der Waals surface area contributed by atoms with Crippen molar-refractivity contribution in [2.24, 2.45) is 10.9 Å². The zero-order valence-electron chi connectivity index (χ0n) is 11.7. The summed E-state index contributed by atoms with van der Waals surface area (Å²) < 4.78 is 13.6. The van der Waals surface area contributed by atoms with Crippen molar-refractivity contribution in [3.05, 3.63) is 58.9 Å². The fraction of sp³-hybridized carbons (Fsp3) is 0.188. The Kier molecular flexibility index (Phi) is 3.25. The maximum atomic E-state index is 13.6. The summed E-state index contributed by atoms with van der Waals surface area (Å²) in [5, 5.41) is 12.1. The number of para-hydroxylation sites is 1. The molecule has 4 nitrogen and oxygen atoms in total. The van der Waals surface area contributed by atoms with E-state index in [4.69, 9.17) is 10.9 Å². The maximum Gasteiger partial charge on any atom is 0.172 e. The van der Waals surface area contributed by atoms with Crippen LogP contribution in [0.3, 0.4) is 0 Å². The van der Waals surface area contributed by atoms with Gasteiger partial charge >= 0.3 is 0 Å². The fourth-order valence-electron chi connectivity index (χ4n) is 2.86. The molecule has 1 heterocycles. The smallest absolute Gasteiger partial charge is 0.172 e. The van der Waals surface area contributed by atoms with Gasteiger partial charge in [-0.1, -0.05) is 23.4 Å². The van der Waals surface area contributed by atoms with Crippen LogP contribution in [0.4, 0.5) is 15.8 Å². The minimum atomic E-state index is -0.264. The lowest BCUT2D eigenvalue weighted by Gasteiger charge is -2.24. The van der Waals surface area contributed by atoms with E-state index in [0.29, 0.717) is 5.56 Å². The molecule has 1 aliphatic rings. The predicted molar refractivity (Wildman–Crippen MR) is 80.8 cm³/mol. The van der Waals surface area contributed by atoms with Crippen LogP contribution in [-0.2, 0) is 6.42 Å². The van der Waals surface area contributed by atoms with Crippen molar-refractivity contribution in [1.29, 1.82) is 0 Å². The summed E-state index contributed by atoms with van der Waals surface area (Å²) in [5.74, 6) is -0.210. The molecule has 0 spiro atoms. The average Bonchev–Trinajstić information content (AvgIpc) is 2.89. The van der Waals surface area contributed by atoms with Gasteiger partial charge in [0.2, 0.25) is 0 Å². The molecule has 0 radical (unpaired) electrons. The Morgan fingerprint density at radius 1 is 1.33 bits per heavy atom. The molecule has 0 amide bonds. The zero-order chi connectivity index (χ0) is 15.0. The van der Waals surface area contributed by atoms with E-state index in [-0.39, 0.29) is 11.7 Å². The van der Waals surface area contributed by atoms with Crippen LogP contribution in [0.25, 0.3) is 0 Å². The minimum absolute atomic E-state index is 0.0542. The van der Waals surface area contributed by atoms with Gasteiger partial charge in [-0.15, -0.1) is 0 Å². The van der Waals surface area contributed by atoms with Crippen LogP contribution in [-0.4, -0.2) is 17.6 Å². The molecule has 0 atom stereocenters. The molecule has 0 fully saturated rings. The van der Waals surface area contributed by atoms with Crippen LogP contribution in [0.5, 0.6) is 0 Å². The number of anilines is 2. The first kappa shape index (κ1) is 13.4. The molecular formula is C16H16FN3O. The number of benzene rings is 2. The Labute approximate surface area is 122 Å². The molecule has 2 aromatic rings. The highest BCUT2D eigenvalue weighted by Crippen LogP contribution is 2.38. The first-order chi connectivity index (χ1) is 10.1. The Morgan fingerprint density at radius 3 is 2.90 bits per heavy atom. The third-order valence-electron chi connectivity index (χ3n) is 3.83. The molecule has 5 heteroatoms. The SMILES string of the molecule is Cc1cccc(/C(N)=N/O)c1N1CCc2ccc(F)cc21. The number of hydrogen-bond donors (Lipinski definition) is 2. The van der Waals surface area contributed by atoms with E-state index in [9.17, 15) is 4.39 Å². The summed E-state index contributed by atoms with van der Waals surface area (Å²) in [6.07, 6.45) is 0.847. The first-order valence-electron chi connectivity index (χ1n) is 6.75. The number of halogens is 1. The molecule has 1 aliphatic heterocycles. The van der Waals surface area contributed by atoms with Crippen molar-refractivity contribution < 1.29 is 9.60 Å². The highest BCUT2D eigenvalue weighted by atomic mass is 19.1. The average molecular weight is 285 g/mol. The van der Waals surface area contributed by atoms with E-state index in [1.54, 1.807) is 6.07 Å². The quantitative estimate of drug-likeness (QED) is 0.386. The zero-order valence-corrected chi connectivity index (χ0v) is 11.7. The summed E-state index contributed by atoms with van der Waals surface area (Å²) in [7, 11) is 0. The molecule has 0 aromatic heterocycles. The van der Waals surface area contributed by atoms with Gasteiger partial charge < -0.3 is 15.8 Å². The Balaban J connectivity index is 2.18. The van der Waals surface area contributed by atoms with E-state index in [2.05, 4.69) is 5.16 Å². The molecule has 0 saturated heterocycles. The third kappa shape index (κ3) is 2.20.